The largest absolute Gasteiger partial charge is 0.360 e. The van der Waals surface area contributed by atoms with Crippen LogP contribution in [0.1, 0.15) is 39.0 Å². The molecule has 2 unspecified atom stereocenters. The van der Waals surface area contributed by atoms with Crippen LogP contribution in [-0.2, 0) is 0 Å². The summed E-state index contributed by atoms with van der Waals surface area (Å²) in [6.07, 6.45) is 9.00. The Morgan fingerprint density at radius 2 is 2.35 bits per heavy atom. The molecule has 0 aromatic heterocycles. The smallest absolute Gasteiger partial charge is 0.0537 e. The summed E-state index contributed by atoms with van der Waals surface area (Å²) < 4.78 is 0. The molecular weight excluding hydrogens is 264 g/mol. The molecule has 4 aliphatic rings. The van der Waals surface area contributed by atoms with Gasteiger partial charge in [-0.15, -0.1) is 11.8 Å². The third-order valence-electron chi connectivity index (χ3n) is 5.23. The predicted octanol–water partition coefficient (Wildman–Crippen LogP) is 3.64. The maximum atomic E-state index is 3.59. The summed E-state index contributed by atoms with van der Waals surface area (Å²) in [5.41, 5.74) is 5.07. The fourth-order valence-corrected chi connectivity index (χ4v) is 5.48. The van der Waals surface area contributed by atoms with Crippen LogP contribution in [0, 0.1) is 5.92 Å². The Hall–Kier alpha value is -0.670. The van der Waals surface area contributed by atoms with Crippen LogP contribution in [0.3, 0.4) is 0 Å². The van der Waals surface area contributed by atoms with Gasteiger partial charge in [-0.25, -0.2) is 0 Å². The Morgan fingerprint density at radius 1 is 1.40 bits per heavy atom. The van der Waals surface area contributed by atoms with Gasteiger partial charge in [0, 0.05) is 18.0 Å². The van der Waals surface area contributed by atoms with Crippen LogP contribution in [0.25, 0.3) is 0 Å². The summed E-state index contributed by atoms with van der Waals surface area (Å²) in [5, 5.41) is 5.93. The molecular formula is C17H24N2S. The predicted molar refractivity (Wildman–Crippen MR) is 86.4 cm³/mol. The molecule has 4 rings (SSSR count). The van der Waals surface area contributed by atoms with E-state index in [2.05, 4.69) is 28.6 Å². The molecule has 0 bridgehead atoms. The fraction of sp³-hybridized carbons (Fsp3) is 0.647. The third kappa shape index (κ3) is 1.90. The van der Waals surface area contributed by atoms with Crippen LogP contribution in [0.5, 0.6) is 0 Å². The molecule has 1 saturated heterocycles. The van der Waals surface area contributed by atoms with Gasteiger partial charge >= 0.3 is 0 Å². The number of nitrogens with one attached hydrogen (secondary N) is 1. The number of piperidine rings is 1. The van der Waals surface area contributed by atoms with Crippen LogP contribution in [0.4, 0.5) is 0 Å². The Kier molecular flexibility index (Phi) is 3.43. The van der Waals surface area contributed by atoms with Crippen molar-refractivity contribution in [2.45, 2.75) is 45.1 Å². The monoisotopic (exact) mass is 288 g/mol. The molecule has 2 nitrogen and oxygen atoms in total. The fourth-order valence-electron chi connectivity index (χ4n) is 4.37. The average Bonchev–Trinajstić information content (AvgIpc) is 2.65. The van der Waals surface area contributed by atoms with Gasteiger partial charge in [0.2, 0.25) is 0 Å². The second-order valence-electron chi connectivity index (χ2n) is 6.36. The summed E-state index contributed by atoms with van der Waals surface area (Å²) in [4.78, 5) is 4.41. The molecule has 0 spiro atoms. The maximum Gasteiger partial charge on any atom is 0.0537 e. The Morgan fingerprint density at radius 3 is 3.25 bits per heavy atom. The normalized spacial score (nSPS) is 32.4. The van der Waals surface area contributed by atoms with Crippen molar-refractivity contribution in [1.82, 2.24) is 10.2 Å². The lowest BCUT2D eigenvalue weighted by atomic mass is 9.85. The second-order valence-corrected chi connectivity index (χ2v) is 7.31. The highest BCUT2D eigenvalue weighted by Crippen LogP contribution is 2.51. The number of thioether (sulfide) groups is 1. The molecule has 2 atom stereocenters. The number of nitrogens with zero attached hydrogens (tertiary/aromatic N) is 1. The lowest BCUT2D eigenvalue weighted by Gasteiger charge is -2.34. The SMILES string of the molecule is CCCC1CCC2=C3CNCCC3N3CC=CSC1=C23. The first-order valence-electron chi connectivity index (χ1n) is 8.15. The van der Waals surface area contributed by atoms with Crippen molar-refractivity contribution in [2.75, 3.05) is 19.6 Å². The van der Waals surface area contributed by atoms with Gasteiger partial charge in [-0.1, -0.05) is 19.4 Å². The van der Waals surface area contributed by atoms with Gasteiger partial charge in [-0.2, -0.15) is 0 Å². The first kappa shape index (κ1) is 13.0. The van der Waals surface area contributed by atoms with Crippen molar-refractivity contribution in [2.24, 2.45) is 5.92 Å². The zero-order valence-corrected chi connectivity index (χ0v) is 13.1. The third-order valence-corrected chi connectivity index (χ3v) is 6.34. The van der Waals surface area contributed by atoms with Crippen LogP contribution in [-0.4, -0.2) is 30.6 Å². The van der Waals surface area contributed by atoms with E-state index in [4.69, 9.17) is 0 Å². The number of rotatable bonds is 2. The van der Waals surface area contributed by atoms with Crippen molar-refractivity contribution >= 4 is 11.8 Å². The van der Waals surface area contributed by atoms with E-state index in [0.29, 0.717) is 6.04 Å². The quantitative estimate of drug-likeness (QED) is 0.835. The highest BCUT2D eigenvalue weighted by Gasteiger charge is 2.41. The standard InChI is InChI=1S/C17H24N2S/c1-2-4-12-5-6-13-14-11-18-8-7-15(14)19-9-3-10-20-17(12)16(13)19/h3,10,12,15,18H,2,4-9,11H2,1H3. The van der Waals surface area contributed by atoms with Gasteiger partial charge in [0.1, 0.15) is 0 Å². The second kappa shape index (κ2) is 5.27. The minimum Gasteiger partial charge on any atom is -0.360 e. The first-order chi connectivity index (χ1) is 9.90. The average molecular weight is 288 g/mol. The molecule has 0 amide bonds. The molecule has 0 aromatic carbocycles. The number of hydrogen-bond donors (Lipinski definition) is 1. The van der Waals surface area contributed by atoms with E-state index in [-0.39, 0.29) is 0 Å². The van der Waals surface area contributed by atoms with Crippen LogP contribution < -0.4 is 5.32 Å². The molecule has 1 N–H and O–H groups in total. The molecule has 3 aliphatic heterocycles. The van der Waals surface area contributed by atoms with Crippen LogP contribution in [0.15, 0.2) is 33.2 Å². The van der Waals surface area contributed by atoms with E-state index < -0.39 is 0 Å². The Bertz CT molecular complexity index is 503. The van der Waals surface area contributed by atoms with Gasteiger partial charge in [0.15, 0.2) is 0 Å². The van der Waals surface area contributed by atoms with Gasteiger partial charge in [0.25, 0.3) is 0 Å². The summed E-state index contributed by atoms with van der Waals surface area (Å²) in [7, 11) is 0. The lowest BCUT2D eigenvalue weighted by Crippen LogP contribution is -2.40. The highest BCUT2D eigenvalue weighted by atomic mass is 32.2. The van der Waals surface area contributed by atoms with Gasteiger partial charge in [-0.05, 0) is 54.7 Å². The van der Waals surface area contributed by atoms with Crippen LogP contribution in [0.2, 0.25) is 0 Å². The van der Waals surface area contributed by atoms with Crippen molar-refractivity contribution < 1.29 is 0 Å². The van der Waals surface area contributed by atoms with Crippen molar-refractivity contribution in [1.29, 1.82) is 0 Å². The molecule has 3 heterocycles. The Labute approximate surface area is 126 Å². The summed E-state index contributed by atoms with van der Waals surface area (Å²) in [5.74, 6) is 0.808. The van der Waals surface area contributed by atoms with E-state index in [1.54, 1.807) is 21.7 Å². The highest BCUT2D eigenvalue weighted by molar-refractivity contribution is 8.05. The van der Waals surface area contributed by atoms with Crippen molar-refractivity contribution in [3.8, 4) is 0 Å². The topological polar surface area (TPSA) is 15.3 Å². The van der Waals surface area contributed by atoms with Crippen molar-refractivity contribution in [3.05, 3.63) is 33.2 Å². The molecule has 20 heavy (non-hydrogen) atoms. The van der Waals surface area contributed by atoms with Crippen LogP contribution >= 0.6 is 11.8 Å². The molecule has 3 heteroatoms. The molecule has 0 saturated carbocycles. The van der Waals surface area contributed by atoms with E-state index >= 15 is 0 Å². The number of fused-ring (bicyclic) bond motifs is 2. The minimum atomic E-state index is 0.694. The summed E-state index contributed by atoms with van der Waals surface area (Å²) in [6, 6.07) is 0.694. The number of hydrogen-bond acceptors (Lipinski definition) is 3. The van der Waals surface area contributed by atoms with E-state index in [9.17, 15) is 0 Å². The number of allylic oxidation sites excluding steroid dienone is 2. The summed E-state index contributed by atoms with van der Waals surface area (Å²) >= 11 is 2.01. The van der Waals surface area contributed by atoms with Crippen molar-refractivity contribution in [3.63, 3.8) is 0 Å². The molecule has 1 fully saturated rings. The zero-order valence-electron chi connectivity index (χ0n) is 12.3. The zero-order chi connectivity index (χ0) is 13.5. The lowest BCUT2D eigenvalue weighted by molar-refractivity contribution is 0.296. The molecule has 1 aliphatic carbocycles. The van der Waals surface area contributed by atoms with E-state index in [1.165, 1.54) is 38.6 Å². The van der Waals surface area contributed by atoms with E-state index in [0.717, 1.165) is 19.0 Å². The first-order valence-corrected chi connectivity index (χ1v) is 9.03. The van der Waals surface area contributed by atoms with Gasteiger partial charge in [-0.3, -0.25) is 0 Å². The summed E-state index contributed by atoms with van der Waals surface area (Å²) in [6.45, 7) is 5.74. The van der Waals surface area contributed by atoms with Gasteiger partial charge in [0.05, 0.1) is 11.7 Å². The molecule has 108 valence electrons. The minimum absolute atomic E-state index is 0.694. The molecule has 0 radical (unpaired) electrons. The Balaban J connectivity index is 1.81. The maximum absolute atomic E-state index is 3.59. The molecule has 0 aromatic rings. The van der Waals surface area contributed by atoms with Gasteiger partial charge < -0.3 is 10.2 Å². The van der Waals surface area contributed by atoms with E-state index in [1.807, 2.05) is 11.8 Å².